The van der Waals surface area contributed by atoms with Crippen molar-refractivity contribution in [3.05, 3.63) is 47.4 Å². The fourth-order valence-electron chi connectivity index (χ4n) is 2.98. The molecule has 144 valence electrons. The molecule has 1 aromatic carbocycles. The first-order valence-electron chi connectivity index (χ1n) is 9.10. The fourth-order valence-corrected chi connectivity index (χ4v) is 2.98. The van der Waals surface area contributed by atoms with Gasteiger partial charge >= 0.3 is 0 Å². The molecule has 0 fully saturated rings. The van der Waals surface area contributed by atoms with Crippen molar-refractivity contribution in [2.75, 3.05) is 13.2 Å². The zero-order chi connectivity index (χ0) is 19.2. The van der Waals surface area contributed by atoms with Crippen molar-refractivity contribution in [3.8, 4) is 11.5 Å². The highest BCUT2D eigenvalue weighted by atomic mass is 16.5. The largest absolute Gasteiger partial charge is 0.494 e. The van der Waals surface area contributed by atoms with Gasteiger partial charge in [-0.15, -0.1) is 0 Å². The van der Waals surface area contributed by atoms with Crippen LogP contribution in [0.25, 0.3) is 0 Å². The highest BCUT2D eigenvalue weighted by molar-refractivity contribution is 5.91. The van der Waals surface area contributed by atoms with Crippen molar-refractivity contribution in [1.82, 2.24) is 10.6 Å². The zero-order valence-electron chi connectivity index (χ0n) is 15.5. The smallest absolute Gasteiger partial charge is 0.286 e. The van der Waals surface area contributed by atoms with Crippen molar-refractivity contribution in [2.24, 2.45) is 0 Å². The van der Waals surface area contributed by atoms with Crippen molar-refractivity contribution in [1.29, 1.82) is 0 Å². The van der Waals surface area contributed by atoms with Crippen LogP contribution in [0, 0.1) is 0 Å². The van der Waals surface area contributed by atoms with Crippen LogP contribution in [0.5, 0.6) is 11.5 Å². The van der Waals surface area contributed by atoms with Gasteiger partial charge in [-0.1, -0.05) is 0 Å². The first kappa shape index (κ1) is 18.8. The molecular weight excluding hydrogens is 348 g/mol. The molecule has 7 nitrogen and oxygen atoms in total. The molecule has 2 amide bonds. The van der Waals surface area contributed by atoms with E-state index in [4.69, 9.17) is 13.9 Å². The van der Waals surface area contributed by atoms with Gasteiger partial charge in [-0.25, -0.2) is 0 Å². The molecule has 0 aliphatic carbocycles. The number of furan rings is 1. The number of hydrogen-bond acceptors (Lipinski definition) is 5. The molecule has 7 heteroatoms. The SMILES string of the molecule is CCOc1cc2c(cc1CNC(=O)CCNC(=O)c1ccco1)O[C@@H](C)C2. The summed E-state index contributed by atoms with van der Waals surface area (Å²) in [4.78, 5) is 23.8. The lowest BCUT2D eigenvalue weighted by Gasteiger charge is -2.13. The van der Waals surface area contributed by atoms with E-state index in [0.717, 1.165) is 29.0 Å². The number of hydrogen-bond donors (Lipinski definition) is 2. The molecule has 0 radical (unpaired) electrons. The molecule has 0 bridgehead atoms. The summed E-state index contributed by atoms with van der Waals surface area (Å²) in [6, 6.07) is 7.14. The maximum absolute atomic E-state index is 12.1. The second-order valence-corrected chi connectivity index (χ2v) is 6.39. The van der Waals surface area contributed by atoms with Crippen molar-refractivity contribution < 1.29 is 23.5 Å². The molecule has 0 unspecified atom stereocenters. The predicted octanol–water partition coefficient (Wildman–Crippen LogP) is 2.44. The lowest BCUT2D eigenvalue weighted by atomic mass is 10.1. The normalized spacial score (nSPS) is 15.0. The summed E-state index contributed by atoms with van der Waals surface area (Å²) >= 11 is 0. The van der Waals surface area contributed by atoms with Gasteiger partial charge in [0.25, 0.3) is 5.91 Å². The average molecular weight is 372 g/mol. The van der Waals surface area contributed by atoms with Gasteiger partial charge in [0.2, 0.25) is 5.91 Å². The van der Waals surface area contributed by atoms with E-state index < -0.39 is 0 Å². The van der Waals surface area contributed by atoms with Crippen LogP contribution in [0.4, 0.5) is 0 Å². The van der Waals surface area contributed by atoms with E-state index in [2.05, 4.69) is 10.6 Å². The monoisotopic (exact) mass is 372 g/mol. The quantitative estimate of drug-likeness (QED) is 0.743. The minimum atomic E-state index is -0.337. The van der Waals surface area contributed by atoms with E-state index >= 15 is 0 Å². The lowest BCUT2D eigenvalue weighted by molar-refractivity contribution is -0.121. The minimum absolute atomic E-state index is 0.150. The Kier molecular flexibility index (Phi) is 6.01. The number of benzene rings is 1. The molecule has 27 heavy (non-hydrogen) atoms. The molecule has 0 saturated carbocycles. The van der Waals surface area contributed by atoms with Gasteiger partial charge in [0.1, 0.15) is 17.6 Å². The predicted molar refractivity (Wildman–Crippen MR) is 98.9 cm³/mol. The molecule has 0 saturated heterocycles. The summed E-state index contributed by atoms with van der Waals surface area (Å²) in [6.45, 7) is 5.07. The van der Waals surface area contributed by atoms with Gasteiger partial charge in [0, 0.05) is 37.1 Å². The summed E-state index contributed by atoms with van der Waals surface area (Å²) in [5, 5.41) is 5.51. The second-order valence-electron chi connectivity index (χ2n) is 6.39. The van der Waals surface area contributed by atoms with Gasteiger partial charge < -0.3 is 24.5 Å². The molecular formula is C20H24N2O5. The molecule has 1 aliphatic heterocycles. The van der Waals surface area contributed by atoms with E-state index in [1.165, 1.54) is 6.26 Å². The van der Waals surface area contributed by atoms with Gasteiger partial charge in [-0.2, -0.15) is 0 Å². The molecule has 1 aromatic heterocycles. The molecule has 2 N–H and O–H groups in total. The van der Waals surface area contributed by atoms with E-state index in [1.807, 2.05) is 26.0 Å². The summed E-state index contributed by atoms with van der Waals surface area (Å²) in [5.74, 6) is 1.34. The number of amides is 2. The van der Waals surface area contributed by atoms with Gasteiger partial charge in [0.05, 0.1) is 12.9 Å². The summed E-state index contributed by atoms with van der Waals surface area (Å²) < 4.78 is 16.5. The van der Waals surface area contributed by atoms with Crippen molar-refractivity contribution in [2.45, 2.75) is 39.3 Å². The lowest BCUT2D eigenvalue weighted by Crippen LogP contribution is -2.30. The Labute approximate surface area is 158 Å². The number of fused-ring (bicyclic) bond motifs is 1. The average Bonchev–Trinajstić information content (AvgIpc) is 3.28. The maximum atomic E-state index is 12.1. The molecule has 3 rings (SSSR count). The van der Waals surface area contributed by atoms with E-state index in [-0.39, 0.29) is 36.6 Å². The Morgan fingerprint density at radius 2 is 2.15 bits per heavy atom. The molecule has 1 atom stereocenters. The molecule has 0 spiro atoms. The Bertz CT molecular complexity index is 801. The summed E-state index contributed by atoms with van der Waals surface area (Å²) in [6.07, 6.45) is 2.61. The molecule has 2 aromatic rings. The second kappa shape index (κ2) is 8.62. The first-order chi connectivity index (χ1) is 13.1. The highest BCUT2D eigenvalue weighted by Gasteiger charge is 2.22. The van der Waals surface area contributed by atoms with Crippen LogP contribution >= 0.6 is 0 Å². The number of rotatable bonds is 8. The number of carbonyl (C=O) groups is 2. The maximum Gasteiger partial charge on any atom is 0.286 e. The summed E-state index contributed by atoms with van der Waals surface area (Å²) in [7, 11) is 0. The van der Waals surface area contributed by atoms with Crippen LogP contribution in [0.2, 0.25) is 0 Å². The Balaban J connectivity index is 1.51. The minimum Gasteiger partial charge on any atom is -0.494 e. The molecule has 1 aliphatic rings. The first-order valence-corrected chi connectivity index (χ1v) is 9.10. The fraction of sp³-hybridized carbons (Fsp3) is 0.400. The topological polar surface area (TPSA) is 89.8 Å². The van der Waals surface area contributed by atoms with E-state index in [1.54, 1.807) is 12.1 Å². The zero-order valence-corrected chi connectivity index (χ0v) is 15.5. The Morgan fingerprint density at radius 3 is 2.89 bits per heavy atom. The van der Waals surface area contributed by atoms with Crippen molar-refractivity contribution in [3.63, 3.8) is 0 Å². The summed E-state index contributed by atoms with van der Waals surface area (Å²) in [5.41, 5.74) is 2.00. The highest BCUT2D eigenvalue weighted by Crippen LogP contribution is 2.35. The van der Waals surface area contributed by atoms with Crippen LogP contribution in [-0.2, 0) is 17.8 Å². The van der Waals surface area contributed by atoms with Crippen molar-refractivity contribution >= 4 is 11.8 Å². The van der Waals surface area contributed by atoms with Gasteiger partial charge in [-0.05, 0) is 38.1 Å². The number of ether oxygens (including phenoxy) is 2. The van der Waals surface area contributed by atoms with E-state index in [0.29, 0.717) is 13.2 Å². The van der Waals surface area contributed by atoms with E-state index in [9.17, 15) is 9.59 Å². The van der Waals surface area contributed by atoms with Crippen LogP contribution in [0.3, 0.4) is 0 Å². The Hall–Kier alpha value is -2.96. The standard InChI is InChI=1S/C20H24N2O5/c1-3-25-17-10-14-9-13(2)27-18(14)11-15(17)12-22-19(23)6-7-21-20(24)16-5-4-8-26-16/h4-5,8,10-11,13H,3,6-7,9,12H2,1-2H3,(H,21,24)(H,22,23)/t13-/m0/s1. The number of carbonyl (C=O) groups excluding carboxylic acids is 2. The third-order valence-electron chi connectivity index (χ3n) is 4.24. The van der Waals surface area contributed by atoms with Crippen LogP contribution in [0.1, 0.15) is 41.9 Å². The van der Waals surface area contributed by atoms with Gasteiger partial charge in [-0.3, -0.25) is 9.59 Å². The third kappa shape index (κ3) is 4.81. The molecule has 2 heterocycles. The van der Waals surface area contributed by atoms with Crippen LogP contribution in [-0.4, -0.2) is 31.1 Å². The van der Waals surface area contributed by atoms with Gasteiger partial charge in [0.15, 0.2) is 5.76 Å². The Morgan fingerprint density at radius 1 is 1.30 bits per heavy atom. The number of nitrogens with one attached hydrogen (secondary N) is 2. The van der Waals surface area contributed by atoms with Crippen LogP contribution < -0.4 is 20.1 Å². The van der Waals surface area contributed by atoms with Crippen LogP contribution in [0.15, 0.2) is 34.9 Å². The third-order valence-corrected chi connectivity index (χ3v) is 4.24.